The van der Waals surface area contributed by atoms with E-state index in [0.717, 1.165) is 51.2 Å². The summed E-state index contributed by atoms with van der Waals surface area (Å²) in [6.07, 6.45) is 0. The fourth-order valence-electron chi connectivity index (χ4n) is 9.22. The lowest BCUT2D eigenvalue weighted by Gasteiger charge is -2.30. The molecule has 0 amide bonds. The van der Waals surface area contributed by atoms with Gasteiger partial charge in [0.1, 0.15) is 0 Å². The molecule has 0 unspecified atom stereocenters. The number of hydrogen-bond donors (Lipinski definition) is 0. The second-order valence-corrected chi connectivity index (χ2v) is 18.3. The molecule has 10 aromatic carbocycles. The molecular formula is C60H41N3S2. The van der Waals surface area contributed by atoms with E-state index >= 15 is 0 Å². The number of nitrogens with zero attached hydrogens (tertiary/aromatic N) is 3. The van der Waals surface area contributed by atoms with Gasteiger partial charge in [0.15, 0.2) is 0 Å². The minimum Gasteiger partial charge on any atom is -0.310 e. The second-order valence-electron chi connectivity index (χ2n) is 16.2. The van der Waals surface area contributed by atoms with Crippen LogP contribution in [0.4, 0.5) is 51.2 Å². The largest absolute Gasteiger partial charge is 0.310 e. The summed E-state index contributed by atoms with van der Waals surface area (Å²) in [6, 6.07) is 89.9. The van der Waals surface area contributed by atoms with Gasteiger partial charge < -0.3 is 14.7 Å². The summed E-state index contributed by atoms with van der Waals surface area (Å²) >= 11 is 3.71. The summed E-state index contributed by atoms with van der Waals surface area (Å²) in [5, 5.41) is 5.06. The molecule has 0 radical (unpaired) electrons. The highest BCUT2D eigenvalue weighted by Crippen LogP contribution is 2.49. The van der Waals surface area contributed by atoms with Gasteiger partial charge in [-0.05, 0) is 126 Å². The van der Waals surface area contributed by atoms with Crippen LogP contribution in [0.1, 0.15) is 0 Å². The van der Waals surface area contributed by atoms with Crippen LogP contribution < -0.4 is 14.7 Å². The van der Waals surface area contributed by atoms with Crippen molar-refractivity contribution in [2.24, 2.45) is 0 Å². The van der Waals surface area contributed by atoms with Crippen LogP contribution in [-0.2, 0) is 0 Å². The van der Waals surface area contributed by atoms with Crippen LogP contribution >= 0.6 is 22.7 Å². The lowest BCUT2D eigenvalue weighted by molar-refractivity contribution is 1.26. The number of fused-ring (bicyclic) bond motifs is 6. The molecule has 3 nitrogen and oxygen atoms in total. The van der Waals surface area contributed by atoms with Gasteiger partial charge in [-0.25, -0.2) is 0 Å². The Labute approximate surface area is 386 Å². The number of rotatable bonds is 10. The van der Waals surface area contributed by atoms with Gasteiger partial charge in [0, 0.05) is 85.8 Å². The molecule has 0 saturated heterocycles. The molecule has 2 heterocycles. The predicted molar refractivity (Wildman–Crippen MR) is 282 cm³/mol. The molecule has 0 aliphatic heterocycles. The summed E-state index contributed by atoms with van der Waals surface area (Å²) in [5.41, 5.74) is 12.4. The van der Waals surface area contributed by atoms with Crippen molar-refractivity contribution in [1.29, 1.82) is 0 Å². The first-order valence-corrected chi connectivity index (χ1v) is 23.5. The van der Waals surface area contributed by atoms with E-state index in [0.29, 0.717) is 0 Å². The maximum Gasteiger partial charge on any atom is 0.0575 e. The van der Waals surface area contributed by atoms with Crippen LogP contribution in [0.2, 0.25) is 0 Å². The number of anilines is 9. The third-order valence-electron chi connectivity index (χ3n) is 12.2. The second kappa shape index (κ2) is 16.6. The maximum absolute atomic E-state index is 2.41. The van der Waals surface area contributed by atoms with Crippen LogP contribution in [0.3, 0.4) is 0 Å². The minimum absolute atomic E-state index is 1.09. The summed E-state index contributed by atoms with van der Waals surface area (Å²) in [7, 11) is 0. The molecule has 0 bridgehead atoms. The summed E-state index contributed by atoms with van der Waals surface area (Å²) in [5.74, 6) is 0. The van der Waals surface area contributed by atoms with Crippen molar-refractivity contribution in [3.63, 3.8) is 0 Å². The predicted octanol–water partition coefficient (Wildman–Crippen LogP) is 18.5. The molecule has 12 rings (SSSR count). The molecule has 308 valence electrons. The van der Waals surface area contributed by atoms with Crippen molar-refractivity contribution in [2.75, 3.05) is 14.7 Å². The summed E-state index contributed by atoms with van der Waals surface area (Å²) in [4.78, 5) is 7.14. The van der Waals surface area contributed by atoms with Crippen molar-refractivity contribution in [2.45, 2.75) is 0 Å². The third-order valence-corrected chi connectivity index (χ3v) is 14.4. The van der Waals surface area contributed by atoms with Crippen molar-refractivity contribution in [3.8, 4) is 11.1 Å². The molecule has 0 N–H and O–H groups in total. The molecule has 0 atom stereocenters. The van der Waals surface area contributed by atoms with E-state index in [1.165, 1.54) is 51.5 Å². The van der Waals surface area contributed by atoms with Crippen molar-refractivity contribution >= 4 is 114 Å². The molecule has 0 fully saturated rings. The molecule has 65 heavy (non-hydrogen) atoms. The summed E-state index contributed by atoms with van der Waals surface area (Å²) in [6.45, 7) is 0. The maximum atomic E-state index is 2.41. The topological polar surface area (TPSA) is 9.72 Å². The molecule has 5 heteroatoms. The van der Waals surface area contributed by atoms with E-state index in [9.17, 15) is 0 Å². The monoisotopic (exact) mass is 867 g/mol. The third kappa shape index (κ3) is 7.17. The Morgan fingerprint density at radius 2 is 0.677 bits per heavy atom. The van der Waals surface area contributed by atoms with E-state index in [4.69, 9.17) is 0 Å². The molecule has 0 aliphatic carbocycles. The van der Waals surface area contributed by atoms with Gasteiger partial charge >= 0.3 is 0 Å². The normalized spacial score (nSPS) is 11.4. The zero-order valence-electron chi connectivity index (χ0n) is 35.3. The lowest BCUT2D eigenvalue weighted by atomic mass is 10.0. The van der Waals surface area contributed by atoms with Gasteiger partial charge in [-0.3, -0.25) is 0 Å². The van der Waals surface area contributed by atoms with Gasteiger partial charge in [-0.2, -0.15) is 0 Å². The Bertz CT molecular complexity index is 3510. The standard InChI is InChI=1S/C60H41N3S2/c1-6-18-44(19-7-1)61(45-20-8-2-9-21-45)50-35-37-57-54(39-50)52-36-32-43(38-58(52)64-57)42-30-33-49(34-31-42)62(46-22-10-3-11-23-46)51-40-55(60-53-28-16-17-29-56(53)65-59(60)41-51)63(47-24-12-4-13-25-47)48-26-14-5-15-27-48/h1-41H. The Morgan fingerprint density at radius 1 is 0.231 bits per heavy atom. The molecule has 12 aromatic rings. The fraction of sp³-hybridized carbons (Fsp3) is 0. The van der Waals surface area contributed by atoms with Crippen molar-refractivity contribution in [1.82, 2.24) is 0 Å². The number of benzene rings is 10. The zero-order chi connectivity index (χ0) is 43.1. The van der Waals surface area contributed by atoms with Gasteiger partial charge in [0.05, 0.1) is 5.69 Å². The van der Waals surface area contributed by atoms with Crippen LogP contribution in [-0.4, -0.2) is 0 Å². The highest BCUT2D eigenvalue weighted by atomic mass is 32.1. The molecule has 0 saturated carbocycles. The zero-order valence-corrected chi connectivity index (χ0v) is 37.0. The van der Waals surface area contributed by atoms with E-state index in [-0.39, 0.29) is 0 Å². The fourth-order valence-corrected chi connectivity index (χ4v) is 11.5. The first-order valence-electron chi connectivity index (χ1n) is 21.9. The highest BCUT2D eigenvalue weighted by molar-refractivity contribution is 7.26. The van der Waals surface area contributed by atoms with Crippen LogP contribution in [0.15, 0.2) is 249 Å². The van der Waals surface area contributed by atoms with Crippen molar-refractivity contribution in [3.05, 3.63) is 249 Å². The van der Waals surface area contributed by atoms with Crippen LogP contribution in [0, 0.1) is 0 Å². The average molecular weight is 868 g/mol. The van der Waals surface area contributed by atoms with E-state index in [1.807, 2.05) is 22.7 Å². The van der Waals surface area contributed by atoms with Gasteiger partial charge in [-0.15, -0.1) is 22.7 Å². The Hall–Kier alpha value is -7.96. The molecule has 0 aliphatic rings. The lowest BCUT2D eigenvalue weighted by Crippen LogP contribution is -2.13. The minimum atomic E-state index is 1.09. The first-order chi connectivity index (χ1) is 32.2. The highest BCUT2D eigenvalue weighted by Gasteiger charge is 2.23. The quantitative estimate of drug-likeness (QED) is 0.136. The van der Waals surface area contributed by atoms with Crippen molar-refractivity contribution < 1.29 is 0 Å². The van der Waals surface area contributed by atoms with Gasteiger partial charge in [-0.1, -0.05) is 133 Å². The van der Waals surface area contributed by atoms with E-state index in [2.05, 4.69) is 263 Å². The van der Waals surface area contributed by atoms with Gasteiger partial charge in [0.25, 0.3) is 0 Å². The Kier molecular flexibility index (Phi) is 9.90. The SMILES string of the molecule is c1ccc(N(c2ccc(-c3ccc4c(c3)sc3ccc(N(c5ccccc5)c5ccccc5)cc34)cc2)c2cc(N(c3ccccc3)c3ccccc3)c3c(c2)sc2ccccc23)cc1. The smallest absolute Gasteiger partial charge is 0.0575 e. The first kappa shape index (κ1) is 38.7. The average Bonchev–Trinajstić information content (AvgIpc) is 3.94. The van der Waals surface area contributed by atoms with Crippen LogP contribution in [0.5, 0.6) is 0 Å². The number of para-hydroxylation sites is 5. The van der Waals surface area contributed by atoms with E-state index < -0.39 is 0 Å². The molecule has 0 spiro atoms. The Balaban J connectivity index is 0.951. The molecule has 2 aromatic heterocycles. The number of hydrogen-bond acceptors (Lipinski definition) is 5. The summed E-state index contributed by atoms with van der Waals surface area (Å²) < 4.78 is 5.07. The van der Waals surface area contributed by atoms with Crippen LogP contribution in [0.25, 0.3) is 51.5 Å². The molecular weight excluding hydrogens is 827 g/mol. The van der Waals surface area contributed by atoms with E-state index in [1.54, 1.807) is 0 Å². The Morgan fingerprint density at radius 3 is 1.26 bits per heavy atom. The number of thiophene rings is 2. The van der Waals surface area contributed by atoms with Gasteiger partial charge in [0.2, 0.25) is 0 Å².